The number of benzene rings is 1. The van der Waals surface area contributed by atoms with Gasteiger partial charge in [0.25, 0.3) is 0 Å². The molecule has 1 aromatic carbocycles. The predicted molar refractivity (Wildman–Crippen MR) is 98.2 cm³/mol. The van der Waals surface area contributed by atoms with Crippen molar-refractivity contribution >= 4 is 16.7 Å². The van der Waals surface area contributed by atoms with E-state index in [0.717, 1.165) is 12.8 Å². The summed E-state index contributed by atoms with van der Waals surface area (Å²) in [6.07, 6.45) is -2.12. The van der Waals surface area contributed by atoms with Crippen molar-refractivity contribution in [1.82, 2.24) is 15.2 Å². The van der Waals surface area contributed by atoms with E-state index in [0.29, 0.717) is 30.6 Å². The van der Waals surface area contributed by atoms with Crippen LogP contribution in [0, 0.1) is 11.6 Å². The van der Waals surface area contributed by atoms with E-state index in [-0.39, 0.29) is 17.1 Å². The van der Waals surface area contributed by atoms with Crippen molar-refractivity contribution in [3.63, 3.8) is 0 Å². The van der Waals surface area contributed by atoms with E-state index in [4.69, 9.17) is 4.74 Å². The van der Waals surface area contributed by atoms with Gasteiger partial charge < -0.3 is 14.7 Å². The Morgan fingerprint density at radius 3 is 2.53 bits per heavy atom. The van der Waals surface area contributed by atoms with Gasteiger partial charge in [-0.05, 0) is 18.9 Å². The van der Waals surface area contributed by atoms with E-state index < -0.39 is 34.7 Å². The summed E-state index contributed by atoms with van der Waals surface area (Å²) >= 11 is 0. The minimum atomic E-state index is -5.12. The van der Waals surface area contributed by atoms with E-state index >= 15 is 0 Å². The van der Waals surface area contributed by atoms with Gasteiger partial charge in [0, 0.05) is 49.5 Å². The number of phenols is 1. The van der Waals surface area contributed by atoms with E-state index in [9.17, 15) is 27.1 Å². The van der Waals surface area contributed by atoms with Crippen LogP contribution >= 0.6 is 0 Å². The average molecular weight is 428 g/mol. The number of phenolic OH excluding ortho intramolecular Hbond substituents is 1. The molecule has 3 heterocycles. The number of H-pyrrole nitrogens is 1. The van der Waals surface area contributed by atoms with Crippen molar-refractivity contribution in [3.8, 4) is 17.0 Å². The van der Waals surface area contributed by atoms with Crippen LogP contribution < -0.4 is 4.90 Å². The Morgan fingerprint density at radius 2 is 1.87 bits per heavy atom. The first-order valence-electron chi connectivity index (χ1n) is 9.11. The molecule has 1 aliphatic rings. The van der Waals surface area contributed by atoms with Crippen LogP contribution in [0.25, 0.3) is 22.2 Å². The van der Waals surface area contributed by atoms with E-state index in [1.807, 2.05) is 11.9 Å². The third-order valence-corrected chi connectivity index (χ3v) is 5.27. The van der Waals surface area contributed by atoms with Gasteiger partial charge in [-0.15, -0.1) is 0 Å². The number of fused-ring (bicyclic) bond motifs is 1. The van der Waals surface area contributed by atoms with Gasteiger partial charge in [0.05, 0.1) is 11.1 Å². The maximum absolute atomic E-state index is 14.4. The van der Waals surface area contributed by atoms with Crippen LogP contribution in [0.5, 0.6) is 5.75 Å². The van der Waals surface area contributed by atoms with Gasteiger partial charge >= 0.3 is 6.18 Å². The van der Waals surface area contributed by atoms with Gasteiger partial charge in [0.1, 0.15) is 11.5 Å². The van der Waals surface area contributed by atoms with Crippen molar-refractivity contribution in [2.24, 2.45) is 0 Å². The number of hydrogen-bond acceptors (Lipinski definition) is 5. The van der Waals surface area contributed by atoms with Gasteiger partial charge in [0.15, 0.2) is 17.4 Å². The normalized spacial score (nSPS) is 15.7. The molecule has 0 atom stereocenters. The maximum atomic E-state index is 14.4. The first-order valence-corrected chi connectivity index (χ1v) is 9.11. The van der Waals surface area contributed by atoms with E-state index in [1.54, 1.807) is 6.07 Å². The van der Waals surface area contributed by atoms with Crippen molar-refractivity contribution in [3.05, 3.63) is 35.5 Å². The van der Waals surface area contributed by atoms with Crippen molar-refractivity contribution in [2.45, 2.75) is 25.1 Å². The number of rotatable bonds is 3. The fourth-order valence-corrected chi connectivity index (χ4v) is 3.56. The Bertz CT molecular complexity index is 1090. The molecule has 30 heavy (non-hydrogen) atoms. The highest BCUT2D eigenvalue weighted by atomic mass is 19.4. The van der Waals surface area contributed by atoms with Gasteiger partial charge in [-0.3, -0.25) is 5.10 Å². The second-order valence-electron chi connectivity index (χ2n) is 7.06. The molecule has 6 nitrogen and oxygen atoms in total. The first kappa shape index (κ1) is 20.3. The smallest absolute Gasteiger partial charge is 0.419 e. The van der Waals surface area contributed by atoms with E-state index in [1.165, 1.54) is 6.20 Å². The lowest BCUT2D eigenvalue weighted by molar-refractivity contribution is -0.140. The number of pyridine rings is 1. The van der Waals surface area contributed by atoms with Crippen LogP contribution in [0.3, 0.4) is 0 Å². The monoisotopic (exact) mass is 428 g/mol. The molecule has 3 aromatic rings. The number of aromatic nitrogens is 3. The van der Waals surface area contributed by atoms with Crippen molar-refractivity contribution in [2.75, 3.05) is 25.2 Å². The van der Waals surface area contributed by atoms with Crippen LogP contribution in [-0.4, -0.2) is 46.6 Å². The Labute approximate surface area is 167 Å². The minimum Gasteiger partial charge on any atom is -0.503 e. The fraction of sp³-hybridized carbons (Fsp3) is 0.368. The van der Waals surface area contributed by atoms with Crippen LogP contribution in [-0.2, 0) is 10.9 Å². The van der Waals surface area contributed by atoms with Crippen LogP contribution in [0.2, 0.25) is 0 Å². The molecular formula is C19H17F5N4O2. The number of nitrogens with one attached hydrogen (secondary N) is 1. The quantitative estimate of drug-likeness (QED) is 0.611. The van der Waals surface area contributed by atoms with Gasteiger partial charge in [0.2, 0.25) is 0 Å². The molecule has 4 rings (SSSR count). The average Bonchev–Trinajstić information content (AvgIpc) is 3.14. The molecule has 1 fully saturated rings. The van der Waals surface area contributed by atoms with Gasteiger partial charge in [-0.25, -0.2) is 13.8 Å². The number of aromatic amines is 1. The molecule has 11 heteroatoms. The van der Waals surface area contributed by atoms with Gasteiger partial charge in [-0.2, -0.15) is 18.3 Å². The predicted octanol–water partition coefficient (Wildman–Crippen LogP) is 4.24. The summed E-state index contributed by atoms with van der Waals surface area (Å²) in [5, 5.41) is 16.3. The Morgan fingerprint density at radius 1 is 1.17 bits per heavy atom. The minimum absolute atomic E-state index is 0.212. The lowest BCUT2D eigenvalue weighted by Crippen LogP contribution is -2.37. The molecule has 0 saturated carbocycles. The third-order valence-electron chi connectivity index (χ3n) is 5.27. The van der Waals surface area contributed by atoms with Gasteiger partial charge in [-0.1, -0.05) is 0 Å². The molecule has 1 aliphatic heterocycles. The molecule has 0 radical (unpaired) electrons. The highest BCUT2D eigenvalue weighted by Gasteiger charge is 2.38. The molecule has 2 N–H and O–H groups in total. The summed E-state index contributed by atoms with van der Waals surface area (Å²) in [5.41, 5.74) is -2.27. The van der Waals surface area contributed by atoms with Crippen LogP contribution in [0.4, 0.5) is 27.8 Å². The third kappa shape index (κ3) is 3.42. The van der Waals surface area contributed by atoms with Crippen molar-refractivity contribution < 1.29 is 31.8 Å². The summed E-state index contributed by atoms with van der Waals surface area (Å²) in [5.74, 6) is -4.71. The molecule has 0 unspecified atom stereocenters. The van der Waals surface area contributed by atoms with Crippen LogP contribution in [0.15, 0.2) is 18.3 Å². The number of halogens is 5. The molecule has 1 saturated heterocycles. The molecule has 2 aromatic heterocycles. The zero-order valence-corrected chi connectivity index (χ0v) is 15.7. The summed E-state index contributed by atoms with van der Waals surface area (Å²) in [6.45, 7) is 1.28. The maximum Gasteiger partial charge on any atom is 0.419 e. The summed E-state index contributed by atoms with van der Waals surface area (Å²) in [6, 6.07) is 2.15. The molecule has 160 valence electrons. The second-order valence-corrected chi connectivity index (χ2v) is 7.06. The first-order chi connectivity index (χ1) is 14.2. The SMILES string of the molecule is CN(c1cc2[nH]nc(-c3cc(C(F)(F)F)c(F)c(O)c3F)c2cn1)C1CCOCC1. The number of alkyl halides is 3. The highest BCUT2D eigenvalue weighted by molar-refractivity contribution is 5.94. The zero-order chi connectivity index (χ0) is 21.6. The largest absolute Gasteiger partial charge is 0.503 e. The lowest BCUT2D eigenvalue weighted by Gasteiger charge is -2.32. The fourth-order valence-electron chi connectivity index (χ4n) is 3.56. The highest BCUT2D eigenvalue weighted by Crippen LogP contribution is 2.41. The summed E-state index contributed by atoms with van der Waals surface area (Å²) < 4.78 is 72.8. The van der Waals surface area contributed by atoms with Crippen molar-refractivity contribution in [1.29, 1.82) is 0 Å². The number of anilines is 1. The second kappa shape index (κ2) is 7.38. The summed E-state index contributed by atoms with van der Waals surface area (Å²) in [4.78, 5) is 6.29. The Hall–Kier alpha value is -2.95. The topological polar surface area (TPSA) is 74.3 Å². The standard InChI is InChI=1S/C19H17F5N4O2/c1-28(9-2-4-30-5-3-9)14-7-13-11(8-25-14)17(27-26-13)10-6-12(19(22,23)24)16(21)18(29)15(10)20/h6-9,29H,2-5H2,1H3,(H,26,27). The summed E-state index contributed by atoms with van der Waals surface area (Å²) in [7, 11) is 1.87. The molecule has 0 spiro atoms. The zero-order valence-electron chi connectivity index (χ0n) is 15.7. The molecule has 0 bridgehead atoms. The number of ether oxygens (including phenoxy) is 1. The van der Waals surface area contributed by atoms with Crippen LogP contribution in [0.1, 0.15) is 18.4 Å². The Balaban J connectivity index is 1.77. The number of nitrogens with zero attached hydrogens (tertiary/aromatic N) is 3. The molecule has 0 aliphatic carbocycles. The lowest BCUT2D eigenvalue weighted by atomic mass is 10.0. The number of aromatic hydroxyl groups is 1. The number of hydrogen-bond donors (Lipinski definition) is 2. The molecular weight excluding hydrogens is 411 g/mol. The van der Waals surface area contributed by atoms with E-state index in [2.05, 4.69) is 15.2 Å². The molecule has 0 amide bonds. The Kier molecular flexibility index (Phi) is 5.00.